The number of hydroxylamine groups is 1. The minimum absolute atomic E-state index is 0.0502. The van der Waals surface area contributed by atoms with Crippen molar-refractivity contribution < 1.29 is 39.1 Å². The lowest BCUT2D eigenvalue weighted by molar-refractivity contribution is -0.129. The number of para-hydroxylation sites is 1. The van der Waals surface area contributed by atoms with Crippen molar-refractivity contribution >= 4 is 40.9 Å². The highest BCUT2D eigenvalue weighted by atomic mass is 16.5. The molecule has 302 valence electrons. The van der Waals surface area contributed by atoms with Crippen LogP contribution in [0.2, 0.25) is 0 Å². The molecule has 0 saturated heterocycles. The summed E-state index contributed by atoms with van der Waals surface area (Å²) < 4.78 is 0. The van der Waals surface area contributed by atoms with Gasteiger partial charge in [-0.1, -0.05) is 50.3 Å². The summed E-state index contributed by atoms with van der Waals surface area (Å²) in [6, 6.07) is 7.40. The Balaban J connectivity index is 0.000000309. The SMILES string of the molecule is CNC(=O)CCCCCCC(=O)Cc1ccccc1NC(=O)CCCCCCC(=O)CO.O=C(CCCCCC(=O)NC12CC3CC(CC(C3)C1)C2)NO. The molecule has 4 aliphatic rings. The summed E-state index contributed by atoms with van der Waals surface area (Å²) in [6.07, 6.45) is 19.8. The molecule has 0 aliphatic heterocycles. The number of carbonyl (C=O) groups is 6. The van der Waals surface area contributed by atoms with Crippen LogP contribution in [0.1, 0.15) is 153 Å². The molecule has 4 fully saturated rings. The number of benzene rings is 1. The predicted molar refractivity (Wildman–Crippen MR) is 207 cm³/mol. The first-order valence-corrected chi connectivity index (χ1v) is 20.5. The van der Waals surface area contributed by atoms with Crippen LogP contribution in [-0.4, -0.2) is 64.7 Å². The minimum atomic E-state index is -0.399. The number of aliphatic hydroxyl groups excluding tert-OH is 1. The molecule has 12 heteroatoms. The summed E-state index contributed by atoms with van der Waals surface area (Å²) in [5, 5.41) is 26.0. The fraction of sp³-hybridized carbons (Fsp3) is 0.714. The van der Waals surface area contributed by atoms with Crippen LogP contribution in [-0.2, 0) is 35.2 Å². The zero-order valence-corrected chi connectivity index (χ0v) is 32.6. The van der Waals surface area contributed by atoms with Gasteiger partial charge >= 0.3 is 0 Å². The summed E-state index contributed by atoms with van der Waals surface area (Å²) in [6.45, 7) is -0.399. The van der Waals surface area contributed by atoms with E-state index >= 15 is 0 Å². The van der Waals surface area contributed by atoms with Crippen molar-refractivity contribution in [2.75, 3.05) is 19.0 Å². The highest BCUT2D eigenvalue weighted by Crippen LogP contribution is 2.55. The van der Waals surface area contributed by atoms with Gasteiger partial charge in [0.1, 0.15) is 12.4 Å². The Kier molecular flexibility index (Phi) is 20.5. The van der Waals surface area contributed by atoms with Crippen molar-refractivity contribution in [2.24, 2.45) is 17.8 Å². The van der Waals surface area contributed by atoms with E-state index in [0.717, 1.165) is 93.9 Å². The fourth-order valence-electron chi connectivity index (χ4n) is 8.86. The molecule has 0 heterocycles. The molecule has 0 aromatic heterocycles. The summed E-state index contributed by atoms with van der Waals surface area (Å²) in [5.41, 5.74) is 3.26. The maximum absolute atomic E-state index is 12.4. The van der Waals surface area contributed by atoms with E-state index < -0.39 is 6.61 Å². The molecule has 0 spiro atoms. The minimum Gasteiger partial charge on any atom is -0.389 e. The monoisotopic (exact) mass is 754 g/mol. The maximum Gasteiger partial charge on any atom is 0.243 e. The van der Waals surface area contributed by atoms with Gasteiger partial charge in [0.15, 0.2) is 5.78 Å². The molecule has 4 amide bonds. The van der Waals surface area contributed by atoms with Crippen molar-refractivity contribution in [1.29, 1.82) is 0 Å². The topological polar surface area (TPSA) is 191 Å². The van der Waals surface area contributed by atoms with Crippen LogP contribution in [0, 0.1) is 17.8 Å². The molecule has 6 N–H and O–H groups in total. The Labute approximate surface area is 321 Å². The van der Waals surface area contributed by atoms with Crippen molar-refractivity contribution in [3.63, 3.8) is 0 Å². The Bertz CT molecular complexity index is 1270. The Morgan fingerprint density at radius 3 is 1.61 bits per heavy atom. The third-order valence-corrected chi connectivity index (χ3v) is 11.2. The van der Waals surface area contributed by atoms with E-state index in [-0.39, 0.29) is 40.7 Å². The number of anilines is 1. The van der Waals surface area contributed by atoms with Gasteiger partial charge in [0.25, 0.3) is 0 Å². The van der Waals surface area contributed by atoms with E-state index in [0.29, 0.717) is 50.6 Å². The predicted octanol–water partition coefficient (Wildman–Crippen LogP) is 6.25. The van der Waals surface area contributed by atoms with E-state index in [2.05, 4.69) is 16.0 Å². The number of Topliss-reactive ketones (excluding diaryl/α,β-unsaturated/α-hetero) is 2. The molecule has 1 aromatic carbocycles. The van der Waals surface area contributed by atoms with Crippen molar-refractivity contribution in [3.8, 4) is 0 Å². The Morgan fingerprint density at radius 2 is 1.07 bits per heavy atom. The summed E-state index contributed by atoms with van der Waals surface area (Å²) in [7, 11) is 1.63. The fourth-order valence-corrected chi connectivity index (χ4v) is 8.86. The number of hydrogen-bond donors (Lipinski definition) is 6. The largest absolute Gasteiger partial charge is 0.389 e. The Hall–Kier alpha value is -3.64. The molecule has 12 nitrogen and oxygen atoms in total. The van der Waals surface area contributed by atoms with Crippen LogP contribution in [0.25, 0.3) is 0 Å². The zero-order valence-electron chi connectivity index (χ0n) is 32.6. The molecule has 0 unspecified atom stereocenters. The number of rotatable bonds is 25. The first-order chi connectivity index (χ1) is 26.0. The number of aliphatic hydroxyl groups is 1. The quantitative estimate of drug-likeness (QED) is 0.0383. The van der Waals surface area contributed by atoms with Gasteiger partial charge in [-0.05, 0) is 106 Å². The Morgan fingerprint density at radius 1 is 0.611 bits per heavy atom. The average molecular weight is 755 g/mol. The summed E-state index contributed by atoms with van der Waals surface area (Å²) >= 11 is 0. The molecular weight excluding hydrogens is 688 g/mol. The van der Waals surface area contributed by atoms with E-state index in [4.69, 9.17) is 10.3 Å². The van der Waals surface area contributed by atoms with Crippen molar-refractivity contribution in [1.82, 2.24) is 16.1 Å². The molecule has 0 radical (unpaired) electrons. The third-order valence-electron chi connectivity index (χ3n) is 11.2. The van der Waals surface area contributed by atoms with Crippen LogP contribution < -0.4 is 21.4 Å². The van der Waals surface area contributed by atoms with Crippen LogP contribution in [0.5, 0.6) is 0 Å². The maximum atomic E-state index is 12.4. The molecule has 5 rings (SSSR count). The molecule has 4 aliphatic carbocycles. The number of ketones is 2. The first-order valence-electron chi connectivity index (χ1n) is 20.5. The van der Waals surface area contributed by atoms with Gasteiger partial charge in [0.05, 0.1) is 0 Å². The lowest BCUT2D eigenvalue weighted by Crippen LogP contribution is -2.59. The first kappa shape index (κ1) is 44.8. The van der Waals surface area contributed by atoms with Crippen molar-refractivity contribution in [2.45, 2.75) is 160 Å². The van der Waals surface area contributed by atoms with Gasteiger partial charge in [0, 0.05) is 63.2 Å². The molecule has 4 saturated carbocycles. The lowest BCUT2D eigenvalue weighted by Gasteiger charge is -2.56. The second-order valence-corrected chi connectivity index (χ2v) is 16.0. The van der Waals surface area contributed by atoms with E-state index in [1.807, 2.05) is 24.3 Å². The standard InChI is InChI=1S/C25H38N2O5.C17H28N2O3/c1-26-24(31)16-8-4-2-6-13-21(29)18-20-12-10-11-15-23(20)27-25(32)17-9-5-3-7-14-22(30)19-28;20-15(4-2-1-3-5-16(21)19-22)18-17-9-12-6-13(10-17)8-14(7-12)11-17/h10-12,15,28H,2-9,13-14,16-19H2,1H3,(H,26,31)(H,27,32);12-14,22H,1-11H2,(H,18,20)(H,19,21). The summed E-state index contributed by atoms with van der Waals surface area (Å²) in [5.74, 6) is 2.37. The zero-order chi connectivity index (χ0) is 39.2. The second-order valence-electron chi connectivity index (χ2n) is 16.0. The van der Waals surface area contributed by atoms with Crippen LogP contribution in [0.4, 0.5) is 5.69 Å². The van der Waals surface area contributed by atoms with E-state index in [9.17, 15) is 28.8 Å². The van der Waals surface area contributed by atoms with Gasteiger partial charge in [-0.15, -0.1) is 0 Å². The number of carbonyl (C=O) groups excluding carboxylic acids is 6. The van der Waals surface area contributed by atoms with Gasteiger partial charge in [0.2, 0.25) is 23.6 Å². The van der Waals surface area contributed by atoms with Crippen LogP contribution in [0.3, 0.4) is 0 Å². The normalized spacial score (nSPS) is 20.7. The third kappa shape index (κ3) is 17.2. The smallest absolute Gasteiger partial charge is 0.243 e. The number of nitrogens with one attached hydrogen (secondary N) is 4. The molecule has 0 atom stereocenters. The number of hydrogen-bond acceptors (Lipinski definition) is 8. The van der Waals surface area contributed by atoms with Crippen LogP contribution >= 0.6 is 0 Å². The lowest BCUT2D eigenvalue weighted by atomic mass is 9.53. The molecule has 54 heavy (non-hydrogen) atoms. The van der Waals surface area contributed by atoms with Gasteiger partial charge in [-0.3, -0.25) is 34.0 Å². The highest BCUT2D eigenvalue weighted by Gasteiger charge is 2.51. The van der Waals surface area contributed by atoms with Crippen LogP contribution in [0.15, 0.2) is 24.3 Å². The number of amides is 4. The van der Waals surface area contributed by atoms with Gasteiger partial charge in [-0.25, -0.2) is 5.48 Å². The summed E-state index contributed by atoms with van der Waals surface area (Å²) in [4.78, 5) is 70.0. The van der Waals surface area contributed by atoms with Gasteiger partial charge < -0.3 is 21.1 Å². The number of unbranched alkanes of at least 4 members (excludes halogenated alkanes) is 8. The molecule has 1 aromatic rings. The van der Waals surface area contributed by atoms with Crippen molar-refractivity contribution in [3.05, 3.63) is 29.8 Å². The molecular formula is C42H66N4O8. The molecule has 4 bridgehead atoms. The van der Waals surface area contributed by atoms with E-state index in [1.165, 1.54) is 38.5 Å². The second kappa shape index (κ2) is 24.7. The average Bonchev–Trinajstić information content (AvgIpc) is 3.14. The van der Waals surface area contributed by atoms with E-state index in [1.54, 1.807) is 12.5 Å². The van der Waals surface area contributed by atoms with Gasteiger partial charge in [-0.2, -0.15) is 0 Å². The highest BCUT2D eigenvalue weighted by molar-refractivity contribution is 5.92.